The molecule has 3 aliphatic heterocycles. The number of piperidine rings is 1. The van der Waals surface area contributed by atoms with Gasteiger partial charge < -0.3 is 18.9 Å². The van der Waals surface area contributed by atoms with Crippen molar-refractivity contribution in [1.29, 1.82) is 0 Å². The summed E-state index contributed by atoms with van der Waals surface area (Å²) >= 11 is 0. The van der Waals surface area contributed by atoms with E-state index in [1.54, 1.807) is 0 Å². The lowest BCUT2D eigenvalue weighted by Gasteiger charge is -2.42. The fraction of sp³-hybridized carbons (Fsp3) is 0.700. The van der Waals surface area contributed by atoms with E-state index in [0.29, 0.717) is 12.7 Å². The molecule has 25 heavy (non-hydrogen) atoms. The first-order valence-corrected chi connectivity index (χ1v) is 9.62. The highest BCUT2D eigenvalue weighted by Gasteiger charge is 2.45. The van der Waals surface area contributed by atoms with Gasteiger partial charge in [-0.15, -0.1) is 0 Å². The summed E-state index contributed by atoms with van der Waals surface area (Å²) in [5.74, 6) is 2.39. The van der Waals surface area contributed by atoms with Gasteiger partial charge in [-0.25, -0.2) is 0 Å². The first-order chi connectivity index (χ1) is 12.3. The zero-order valence-corrected chi connectivity index (χ0v) is 15.2. The highest BCUT2D eigenvalue weighted by Crippen LogP contribution is 2.42. The van der Waals surface area contributed by atoms with E-state index < -0.39 is 0 Å². The Labute approximate surface area is 150 Å². The molecule has 0 aliphatic carbocycles. The third-order valence-corrected chi connectivity index (χ3v) is 5.96. The van der Waals surface area contributed by atoms with Crippen molar-refractivity contribution in [2.45, 2.75) is 44.8 Å². The highest BCUT2D eigenvalue weighted by atomic mass is 16.7. The molecule has 3 aliphatic rings. The van der Waals surface area contributed by atoms with Gasteiger partial charge in [0, 0.05) is 39.5 Å². The lowest BCUT2D eigenvalue weighted by Crippen LogP contribution is -2.47. The minimum absolute atomic E-state index is 0.0997. The molecule has 2 saturated heterocycles. The van der Waals surface area contributed by atoms with E-state index in [-0.39, 0.29) is 5.60 Å². The zero-order valence-electron chi connectivity index (χ0n) is 15.2. The van der Waals surface area contributed by atoms with Crippen molar-refractivity contribution < 1.29 is 18.9 Å². The third-order valence-electron chi connectivity index (χ3n) is 5.96. The van der Waals surface area contributed by atoms with Crippen molar-refractivity contribution in [1.82, 2.24) is 4.90 Å². The van der Waals surface area contributed by atoms with Gasteiger partial charge >= 0.3 is 0 Å². The largest absolute Gasteiger partial charge is 0.454 e. The van der Waals surface area contributed by atoms with Crippen molar-refractivity contribution in [3.05, 3.63) is 23.8 Å². The van der Waals surface area contributed by atoms with E-state index in [4.69, 9.17) is 18.9 Å². The van der Waals surface area contributed by atoms with Gasteiger partial charge in [0.05, 0.1) is 5.60 Å². The average Bonchev–Trinajstić information content (AvgIpc) is 3.24. The summed E-state index contributed by atoms with van der Waals surface area (Å²) < 4.78 is 22.7. The minimum atomic E-state index is 0.0997. The van der Waals surface area contributed by atoms with Crippen LogP contribution in [0.5, 0.6) is 11.5 Å². The van der Waals surface area contributed by atoms with Gasteiger partial charge in [0.1, 0.15) is 0 Å². The van der Waals surface area contributed by atoms with Gasteiger partial charge in [-0.3, -0.25) is 4.90 Å². The summed E-state index contributed by atoms with van der Waals surface area (Å²) in [6.07, 6.45) is 4.59. The van der Waals surface area contributed by atoms with Crippen LogP contribution >= 0.6 is 0 Å². The van der Waals surface area contributed by atoms with E-state index in [1.165, 1.54) is 12.0 Å². The molecular weight excluding hydrogens is 318 g/mol. The molecular formula is C20H29NO4. The Morgan fingerprint density at radius 1 is 1.20 bits per heavy atom. The number of ether oxygens (including phenoxy) is 4. The van der Waals surface area contributed by atoms with Crippen LogP contribution < -0.4 is 9.47 Å². The Bertz CT molecular complexity index is 583. The van der Waals surface area contributed by atoms with Crippen LogP contribution in [0.15, 0.2) is 18.2 Å². The molecule has 1 spiro atoms. The number of rotatable bonds is 6. The Hall–Kier alpha value is -1.30. The van der Waals surface area contributed by atoms with Crippen LogP contribution in [0.1, 0.15) is 38.2 Å². The SMILES string of the molecule is CCOCCC1CCOC12CCN(Cc1ccc3c(c1)OCO3)CC2. The molecule has 0 radical (unpaired) electrons. The monoisotopic (exact) mass is 347 g/mol. The molecule has 0 amide bonds. The number of fused-ring (bicyclic) bond motifs is 1. The Morgan fingerprint density at radius 3 is 2.88 bits per heavy atom. The van der Waals surface area contributed by atoms with Crippen LogP contribution in [0, 0.1) is 5.92 Å². The molecule has 5 heteroatoms. The zero-order chi connectivity index (χ0) is 17.1. The van der Waals surface area contributed by atoms with Crippen LogP contribution in [0.2, 0.25) is 0 Å². The van der Waals surface area contributed by atoms with E-state index in [2.05, 4.69) is 24.0 Å². The van der Waals surface area contributed by atoms with Crippen LogP contribution in [0.4, 0.5) is 0 Å². The summed E-state index contributed by atoms with van der Waals surface area (Å²) in [6, 6.07) is 6.28. The van der Waals surface area contributed by atoms with Gasteiger partial charge in [-0.1, -0.05) is 6.07 Å². The molecule has 1 unspecified atom stereocenters. The topological polar surface area (TPSA) is 40.2 Å². The highest BCUT2D eigenvalue weighted by molar-refractivity contribution is 5.44. The van der Waals surface area contributed by atoms with Gasteiger partial charge in [-0.2, -0.15) is 0 Å². The Balaban J connectivity index is 1.32. The van der Waals surface area contributed by atoms with Gasteiger partial charge in [-0.05, 0) is 56.2 Å². The predicted molar refractivity (Wildman–Crippen MR) is 95.0 cm³/mol. The molecule has 1 aromatic carbocycles. The first-order valence-electron chi connectivity index (χ1n) is 9.62. The van der Waals surface area contributed by atoms with Crippen molar-refractivity contribution >= 4 is 0 Å². The van der Waals surface area contributed by atoms with E-state index in [0.717, 1.165) is 70.2 Å². The standard InChI is InChI=1S/C20H29NO4/c1-2-22-11-5-17-6-12-25-20(17)7-9-21(10-8-20)14-16-3-4-18-19(13-16)24-15-23-18/h3-4,13,17H,2,5-12,14-15H2,1H3. The summed E-state index contributed by atoms with van der Waals surface area (Å²) in [4.78, 5) is 2.53. The number of benzene rings is 1. The summed E-state index contributed by atoms with van der Waals surface area (Å²) in [6.45, 7) is 8.16. The molecule has 0 N–H and O–H groups in total. The van der Waals surface area contributed by atoms with Crippen molar-refractivity contribution in [2.75, 3.05) is 39.7 Å². The van der Waals surface area contributed by atoms with E-state index >= 15 is 0 Å². The molecule has 0 aromatic heterocycles. The lowest BCUT2D eigenvalue weighted by atomic mass is 9.78. The van der Waals surface area contributed by atoms with Crippen molar-refractivity contribution in [3.8, 4) is 11.5 Å². The quantitative estimate of drug-likeness (QED) is 0.739. The maximum atomic E-state index is 6.27. The molecule has 1 aromatic rings. The van der Waals surface area contributed by atoms with Crippen molar-refractivity contribution in [3.63, 3.8) is 0 Å². The smallest absolute Gasteiger partial charge is 0.231 e. The molecule has 2 fully saturated rings. The summed E-state index contributed by atoms with van der Waals surface area (Å²) in [7, 11) is 0. The number of likely N-dealkylation sites (tertiary alicyclic amines) is 1. The minimum Gasteiger partial charge on any atom is -0.454 e. The summed E-state index contributed by atoms with van der Waals surface area (Å²) in [5, 5.41) is 0. The average molecular weight is 347 g/mol. The normalized spacial score (nSPS) is 24.9. The fourth-order valence-corrected chi connectivity index (χ4v) is 4.50. The predicted octanol–water partition coefficient (Wildman–Crippen LogP) is 3.21. The van der Waals surface area contributed by atoms with E-state index in [1.807, 2.05) is 6.07 Å². The molecule has 5 nitrogen and oxygen atoms in total. The summed E-state index contributed by atoms with van der Waals surface area (Å²) in [5.41, 5.74) is 1.39. The van der Waals surface area contributed by atoms with Gasteiger partial charge in [0.25, 0.3) is 0 Å². The lowest BCUT2D eigenvalue weighted by molar-refractivity contribution is -0.0728. The van der Waals surface area contributed by atoms with Crippen LogP contribution in [-0.2, 0) is 16.0 Å². The van der Waals surface area contributed by atoms with E-state index in [9.17, 15) is 0 Å². The fourth-order valence-electron chi connectivity index (χ4n) is 4.50. The second kappa shape index (κ2) is 7.52. The van der Waals surface area contributed by atoms with Crippen LogP contribution in [0.3, 0.4) is 0 Å². The second-order valence-electron chi connectivity index (χ2n) is 7.35. The Morgan fingerprint density at radius 2 is 2.04 bits per heavy atom. The maximum absolute atomic E-state index is 6.27. The van der Waals surface area contributed by atoms with Gasteiger partial charge in [0.15, 0.2) is 11.5 Å². The molecule has 3 heterocycles. The molecule has 1 atom stereocenters. The van der Waals surface area contributed by atoms with Crippen LogP contribution in [0.25, 0.3) is 0 Å². The molecule has 0 bridgehead atoms. The first kappa shape index (κ1) is 17.1. The molecule has 4 rings (SSSR count). The van der Waals surface area contributed by atoms with Crippen molar-refractivity contribution in [2.24, 2.45) is 5.92 Å². The van der Waals surface area contributed by atoms with Gasteiger partial charge in [0.2, 0.25) is 6.79 Å². The number of hydrogen-bond donors (Lipinski definition) is 0. The molecule has 138 valence electrons. The van der Waals surface area contributed by atoms with Crippen LogP contribution in [-0.4, -0.2) is 50.2 Å². The third kappa shape index (κ3) is 3.64. The second-order valence-corrected chi connectivity index (χ2v) is 7.35. The Kier molecular flexibility index (Phi) is 5.15. The maximum Gasteiger partial charge on any atom is 0.231 e. The molecule has 0 saturated carbocycles. The number of hydrogen-bond acceptors (Lipinski definition) is 5. The number of nitrogens with zero attached hydrogens (tertiary/aromatic N) is 1.